The van der Waals surface area contributed by atoms with Crippen molar-refractivity contribution >= 4 is 5.97 Å². The van der Waals surface area contributed by atoms with Crippen LogP contribution >= 0.6 is 0 Å². The summed E-state index contributed by atoms with van der Waals surface area (Å²) in [6.45, 7) is 3.69. The van der Waals surface area contributed by atoms with Crippen LogP contribution in [-0.2, 0) is 14.3 Å². The summed E-state index contributed by atoms with van der Waals surface area (Å²) in [5.41, 5.74) is 0. The first-order valence-electron chi connectivity index (χ1n) is 7.39. The predicted molar refractivity (Wildman–Crippen MR) is 72.4 cm³/mol. The number of carbonyl (C=O) groups is 1. The molecule has 0 unspecified atom stereocenters. The van der Waals surface area contributed by atoms with Gasteiger partial charge < -0.3 is 9.47 Å². The predicted octanol–water partition coefficient (Wildman–Crippen LogP) is 3.56. The molecule has 0 radical (unpaired) electrons. The van der Waals surface area contributed by atoms with Gasteiger partial charge in [-0.25, -0.2) is 0 Å². The van der Waals surface area contributed by atoms with Crippen LogP contribution in [0.25, 0.3) is 0 Å². The van der Waals surface area contributed by atoms with Crippen molar-refractivity contribution in [2.24, 2.45) is 11.8 Å². The minimum atomic E-state index is 0.0405. The Balaban J connectivity index is 1.96. The molecule has 0 amide bonds. The van der Waals surface area contributed by atoms with Crippen LogP contribution in [-0.4, -0.2) is 26.3 Å². The van der Waals surface area contributed by atoms with Crippen molar-refractivity contribution in [1.29, 1.82) is 0 Å². The van der Waals surface area contributed by atoms with Crippen LogP contribution in [0, 0.1) is 11.8 Å². The third-order valence-electron chi connectivity index (χ3n) is 3.84. The van der Waals surface area contributed by atoms with Gasteiger partial charge in [-0.2, -0.15) is 0 Å². The monoisotopic (exact) mass is 256 g/mol. The van der Waals surface area contributed by atoms with Crippen molar-refractivity contribution in [2.75, 3.05) is 20.3 Å². The quantitative estimate of drug-likeness (QED) is 0.492. The Bertz CT molecular complexity index is 220. The van der Waals surface area contributed by atoms with Crippen LogP contribution in [0.4, 0.5) is 0 Å². The number of rotatable bonds is 8. The molecule has 0 aromatic rings. The molecule has 0 saturated heterocycles. The van der Waals surface area contributed by atoms with E-state index in [2.05, 4.69) is 6.92 Å². The van der Waals surface area contributed by atoms with E-state index in [0.29, 0.717) is 6.61 Å². The summed E-state index contributed by atoms with van der Waals surface area (Å²) < 4.78 is 10.3. The Morgan fingerprint density at radius 1 is 1.00 bits per heavy atom. The fraction of sp³-hybridized carbons (Fsp3) is 0.933. The molecule has 18 heavy (non-hydrogen) atoms. The van der Waals surface area contributed by atoms with E-state index in [1.807, 2.05) is 0 Å². The first-order valence-corrected chi connectivity index (χ1v) is 7.39. The average molecular weight is 256 g/mol. The highest BCUT2D eigenvalue weighted by Crippen LogP contribution is 2.29. The number of methoxy groups -OCH3 is 1. The maximum Gasteiger partial charge on any atom is 0.308 e. The second kappa shape index (κ2) is 9.37. The van der Waals surface area contributed by atoms with Gasteiger partial charge in [-0.05, 0) is 50.9 Å². The van der Waals surface area contributed by atoms with E-state index in [4.69, 9.17) is 9.47 Å². The van der Waals surface area contributed by atoms with E-state index >= 15 is 0 Å². The van der Waals surface area contributed by atoms with Crippen molar-refractivity contribution in [3.05, 3.63) is 0 Å². The molecule has 1 fully saturated rings. The number of esters is 1. The Hall–Kier alpha value is -0.570. The Kier molecular flexibility index (Phi) is 8.06. The summed E-state index contributed by atoms with van der Waals surface area (Å²) in [5, 5.41) is 0. The normalized spacial score (nSPS) is 23.9. The van der Waals surface area contributed by atoms with Gasteiger partial charge >= 0.3 is 5.97 Å². The molecule has 0 atom stereocenters. The van der Waals surface area contributed by atoms with Gasteiger partial charge in [-0.3, -0.25) is 4.79 Å². The second-order valence-corrected chi connectivity index (χ2v) is 5.53. The lowest BCUT2D eigenvalue weighted by molar-refractivity contribution is -0.150. The molecular formula is C15H28O3. The summed E-state index contributed by atoms with van der Waals surface area (Å²) in [5.74, 6) is 1.00. The topological polar surface area (TPSA) is 35.5 Å². The van der Waals surface area contributed by atoms with Crippen LogP contribution < -0.4 is 0 Å². The molecule has 1 saturated carbocycles. The Labute approximate surface area is 111 Å². The number of unbranched alkanes of at least 4 members (excludes halogenated alkanes) is 3. The molecule has 1 rings (SSSR count). The molecule has 106 valence electrons. The summed E-state index contributed by atoms with van der Waals surface area (Å²) in [6, 6.07) is 0. The third-order valence-corrected chi connectivity index (χ3v) is 3.84. The summed E-state index contributed by atoms with van der Waals surface area (Å²) >= 11 is 0. The minimum Gasteiger partial charge on any atom is -0.465 e. The molecule has 3 heteroatoms. The summed E-state index contributed by atoms with van der Waals surface area (Å²) in [4.78, 5) is 11.8. The SMILES string of the molecule is COCCCCCCOC(=O)C1CCC(C)CC1. The first-order chi connectivity index (χ1) is 8.74. The van der Waals surface area contributed by atoms with Crippen LogP contribution in [0.5, 0.6) is 0 Å². The third kappa shape index (κ3) is 6.39. The van der Waals surface area contributed by atoms with E-state index in [9.17, 15) is 4.79 Å². The van der Waals surface area contributed by atoms with Crippen molar-refractivity contribution in [3.63, 3.8) is 0 Å². The van der Waals surface area contributed by atoms with Crippen LogP contribution in [0.15, 0.2) is 0 Å². The molecule has 1 aliphatic carbocycles. The molecule has 0 spiro atoms. The highest BCUT2D eigenvalue weighted by atomic mass is 16.5. The van der Waals surface area contributed by atoms with E-state index < -0.39 is 0 Å². The zero-order valence-electron chi connectivity index (χ0n) is 12.0. The molecule has 0 bridgehead atoms. The lowest BCUT2D eigenvalue weighted by Crippen LogP contribution is -2.23. The molecule has 0 aromatic carbocycles. The summed E-state index contributed by atoms with van der Waals surface area (Å²) in [6.07, 6.45) is 8.77. The van der Waals surface area contributed by atoms with E-state index in [1.54, 1.807) is 7.11 Å². The van der Waals surface area contributed by atoms with Crippen molar-refractivity contribution in [1.82, 2.24) is 0 Å². The van der Waals surface area contributed by atoms with Crippen molar-refractivity contribution in [2.45, 2.75) is 58.3 Å². The fourth-order valence-corrected chi connectivity index (χ4v) is 2.49. The van der Waals surface area contributed by atoms with Crippen molar-refractivity contribution in [3.8, 4) is 0 Å². The number of ether oxygens (including phenoxy) is 2. The highest BCUT2D eigenvalue weighted by Gasteiger charge is 2.25. The van der Waals surface area contributed by atoms with Gasteiger partial charge in [0.2, 0.25) is 0 Å². The van der Waals surface area contributed by atoms with Gasteiger partial charge in [0.05, 0.1) is 12.5 Å². The lowest BCUT2D eigenvalue weighted by atomic mass is 9.83. The lowest BCUT2D eigenvalue weighted by Gasteiger charge is -2.24. The Morgan fingerprint density at radius 3 is 2.22 bits per heavy atom. The molecule has 0 N–H and O–H groups in total. The van der Waals surface area contributed by atoms with Gasteiger partial charge in [0, 0.05) is 13.7 Å². The van der Waals surface area contributed by atoms with Crippen molar-refractivity contribution < 1.29 is 14.3 Å². The second-order valence-electron chi connectivity index (χ2n) is 5.53. The molecule has 0 aliphatic heterocycles. The van der Waals surface area contributed by atoms with Gasteiger partial charge in [0.15, 0.2) is 0 Å². The largest absolute Gasteiger partial charge is 0.465 e. The van der Waals surface area contributed by atoms with E-state index in [-0.39, 0.29) is 11.9 Å². The molecule has 0 heterocycles. The standard InChI is InChI=1S/C15H28O3/c1-13-7-9-14(10-8-13)15(16)18-12-6-4-3-5-11-17-2/h13-14H,3-12H2,1-2H3. The highest BCUT2D eigenvalue weighted by molar-refractivity contribution is 5.72. The number of hydrogen-bond donors (Lipinski definition) is 0. The van der Waals surface area contributed by atoms with Crippen LogP contribution in [0.1, 0.15) is 58.3 Å². The maximum absolute atomic E-state index is 11.8. The zero-order chi connectivity index (χ0) is 13.2. The number of carbonyl (C=O) groups excluding carboxylic acids is 1. The smallest absolute Gasteiger partial charge is 0.308 e. The maximum atomic E-state index is 11.8. The van der Waals surface area contributed by atoms with Crippen LogP contribution in [0.2, 0.25) is 0 Å². The zero-order valence-corrected chi connectivity index (χ0v) is 12.0. The fourth-order valence-electron chi connectivity index (χ4n) is 2.49. The molecular weight excluding hydrogens is 228 g/mol. The van der Waals surface area contributed by atoms with Gasteiger partial charge in [0.1, 0.15) is 0 Å². The van der Waals surface area contributed by atoms with Gasteiger partial charge in [-0.15, -0.1) is 0 Å². The Morgan fingerprint density at radius 2 is 1.61 bits per heavy atom. The minimum absolute atomic E-state index is 0.0405. The van der Waals surface area contributed by atoms with E-state index in [1.165, 1.54) is 12.8 Å². The van der Waals surface area contributed by atoms with Crippen LogP contribution in [0.3, 0.4) is 0 Å². The van der Waals surface area contributed by atoms with Gasteiger partial charge in [-0.1, -0.05) is 13.3 Å². The number of hydrogen-bond acceptors (Lipinski definition) is 3. The first kappa shape index (κ1) is 15.5. The molecule has 1 aliphatic rings. The van der Waals surface area contributed by atoms with E-state index in [0.717, 1.165) is 51.0 Å². The molecule has 3 nitrogen and oxygen atoms in total. The average Bonchev–Trinajstić information content (AvgIpc) is 2.38. The van der Waals surface area contributed by atoms with Gasteiger partial charge in [0.25, 0.3) is 0 Å². The summed E-state index contributed by atoms with van der Waals surface area (Å²) in [7, 11) is 1.73. The molecule has 0 aromatic heterocycles.